The van der Waals surface area contributed by atoms with Gasteiger partial charge in [0.1, 0.15) is 5.60 Å². The zero-order valence-electron chi connectivity index (χ0n) is 14.0. The zero-order chi connectivity index (χ0) is 15.1. The Bertz CT molecular complexity index is 256. The molecule has 0 aromatic rings. The Kier molecular flexibility index (Phi) is 8.12. The predicted molar refractivity (Wildman–Crippen MR) is 81.3 cm³/mol. The van der Waals surface area contributed by atoms with Crippen LogP contribution in [0.2, 0.25) is 0 Å². The van der Waals surface area contributed by atoms with Crippen molar-refractivity contribution in [3.8, 4) is 0 Å². The Morgan fingerprint density at radius 2 is 1.84 bits per heavy atom. The van der Waals surface area contributed by atoms with Crippen molar-refractivity contribution in [2.45, 2.75) is 73.3 Å². The Morgan fingerprint density at radius 3 is 2.26 bits per heavy atom. The molecule has 3 heteroatoms. The second-order valence-electron chi connectivity index (χ2n) is 6.78. The third kappa shape index (κ3) is 8.12. The molecule has 0 aromatic carbocycles. The fourth-order valence-corrected chi connectivity index (χ4v) is 2.05. The normalized spacial score (nSPS) is 19.8. The van der Waals surface area contributed by atoms with Crippen LogP contribution in [0.4, 0.5) is 4.79 Å². The highest BCUT2D eigenvalue weighted by atomic mass is 16.6. The summed E-state index contributed by atoms with van der Waals surface area (Å²) < 4.78 is 5.39. The van der Waals surface area contributed by atoms with Crippen LogP contribution in [0.15, 0.2) is 0 Å². The molecule has 0 radical (unpaired) electrons. The molecule has 0 N–H and O–H groups in total. The Balaban J connectivity index is 0.000000982. The molecule has 1 aliphatic rings. The van der Waals surface area contributed by atoms with Crippen LogP contribution in [-0.4, -0.2) is 29.7 Å². The van der Waals surface area contributed by atoms with Gasteiger partial charge in [-0.25, -0.2) is 4.79 Å². The summed E-state index contributed by atoms with van der Waals surface area (Å²) in [6.07, 6.45) is 3.43. The van der Waals surface area contributed by atoms with Gasteiger partial charge in [0.25, 0.3) is 0 Å². The number of hydrogen-bond donors (Lipinski definition) is 0. The molecule has 1 rings (SSSR count). The second kappa shape index (κ2) is 8.44. The van der Waals surface area contributed by atoms with E-state index in [-0.39, 0.29) is 11.7 Å². The number of piperidine rings is 1. The van der Waals surface area contributed by atoms with Gasteiger partial charge in [0.05, 0.1) is 0 Å². The van der Waals surface area contributed by atoms with E-state index in [0.717, 1.165) is 19.5 Å². The molecule has 0 aromatic heterocycles. The molecule has 1 atom stereocenters. The first-order valence-corrected chi connectivity index (χ1v) is 7.69. The average molecular weight is 271 g/mol. The molecule has 114 valence electrons. The smallest absolute Gasteiger partial charge is 0.410 e. The van der Waals surface area contributed by atoms with Gasteiger partial charge >= 0.3 is 6.09 Å². The van der Waals surface area contributed by atoms with Crippen LogP contribution in [0, 0.1) is 11.8 Å². The van der Waals surface area contributed by atoms with Gasteiger partial charge in [0.2, 0.25) is 0 Å². The van der Waals surface area contributed by atoms with Crippen LogP contribution in [0.3, 0.4) is 0 Å². The van der Waals surface area contributed by atoms with Gasteiger partial charge in [0, 0.05) is 13.1 Å². The maximum absolute atomic E-state index is 11.9. The third-order valence-electron chi connectivity index (χ3n) is 3.05. The van der Waals surface area contributed by atoms with Gasteiger partial charge < -0.3 is 9.64 Å². The summed E-state index contributed by atoms with van der Waals surface area (Å²) in [5.74, 6) is 1.27. The minimum atomic E-state index is -0.387. The van der Waals surface area contributed by atoms with Gasteiger partial charge in [0.15, 0.2) is 0 Å². The van der Waals surface area contributed by atoms with E-state index in [1.807, 2.05) is 25.7 Å². The molecule has 19 heavy (non-hydrogen) atoms. The lowest BCUT2D eigenvalue weighted by Gasteiger charge is -2.35. The van der Waals surface area contributed by atoms with E-state index in [9.17, 15) is 4.79 Å². The van der Waals surface area contributed by atoms with Crippen molar-refractivity contribution in [3.05, 3.63) is 0 Å². The molecule has 1 heterocycles. The van der Waals surface area contributed by atoms with Crippen LogP contribution < -0.4 is 0 Å². The van der Waals surface area contributed by atoms with Gasteiger partial charge in [-0.1, -0.05) is 34.1 Å². The highest BCUT2D eigenvalue weighted by molar-refractivity contribution is 5.68. The van der Waals surface area contributed by atoms with Crippen molar-refractivity contribution in [1.82, 2.24) is 4.90 Å². The Morgan fingerprint density at radius 1 is 1.32 bits per heavy atom. The molecule has 1 saturated heterocycles. The minimum Gasteiger partial charge on any atom is -0.444 e. The van der Waals surface area contributed by atoms with Crippen LogP contribution in [0.1, 0.15) is 67.7 Å². The Hall–Kier alpha value is -0.730. The molecule has 1 aliphatic heterocycles. The monoisotopic (exact) mass is 271 g/mol. The number of rotatable bonds is 1. The SMILES string of the molecule is CC(C)C1CCCN(C(=O)OC(C)(C)C)C1.CCC. The molecule has 1 fully saturated rings. The lowest BCUT2D eigenvalue weighted by Crippen LogP contribution is -2.43. The summed E-state index contributed by atoms with van der Waals surface area (Å²) in [7, 11) is 0. The maximum Gasteiger partial charge on any atom is 0.410 e. The lowest BCUT2D eigenvalue weighted by molar-refractivity contribution is 0.0140. The highest BCUT2D eigenvalue weighted by Gasteiger charge is 2.28. The first-order chi connectivity index (χ1) is 8.71. The number of amides is 1. The lowest BCUT2D eigenvalue weighted by atomic mass is 9.88. The van der Waals surface area contributed by atoms with Crippen molar-refractivity contribution in [3.63, 3.8) is 0 Å². The van der Waals surface area contributed by atoms with Crippen molar-refractivity contribution < 1.29 is 9.53 Å². The summed E-state index contributed by atoms with van der Waals surface area (Å²) in [6.45, 7) is 16.1. The Labute approximate surface area is 119 Å². The number of ether oxygens (including phenoxy) is 1. The van der Waals surface area contributed by atoms with Crippen molar-refractivity contribution in [2.75, 3.05) is 13.1 Å². The molecule has 1 unspecified atom stereocenters. The molecule has 0 bridgehead atoms. The maximum atomic E-state index is 11.9. The average Bonchev–Trinajstić information content (AvgIpc) is 2.28. The van der Waals surface area contributed by atoms with Crippen LogP contribution >= 0.6 is 0 Å². The molecule has 0 spiro atoms. The quantitative estimate of drug-likeness (QED) is 0.691. The van der Waals surface area contributed by atoms with E-state index >= 15 is 0 Å². The summed E-state index contributed by atoms with van der Waals surface area (Å²) in [6, 6.07) is 0. The van der Waals surface area contributed by atoms with E-state index in [1.54, 1.807) is 0 Å². The minimum absolute atomic E-state index is 0.155. The summed E-state index contributed by atoms with van der Waals surface area (Å²) in [5, 5.41) is 0. The van der Waals surface area contributed by atoms with Gasteiger partial charge in [-0.2, -0.15) is 0 Å². The van der Waals surface area contributed by atoms with E-state index in [1.165, 1.54) is 12.8 Å². The number of likely N-dealkylation sites (tertiary alicyclic amines) is 1. The van der Waals surface area contributed by atoms with Gasteiger partial charge in [-0.3, -0.25) is 0 Å². The number of nitrogens with zero attached hydrogens (tertiary/aromatic N) is 1. The molecular weight excluding hydrogens is 238 g/mol. The topological polar surface area (TPSA) is 29.5 Å². The fourth-order valence-electron chi connectivity index (χ4n) is 2.05. The standard InChI is InChI=1S/C13H25NO2.C3H8/c1-10(2)11-7-6-8-14(9-11)12(15)16-13(3,4)5;1-3-2/h10-11H,6-9H2,1-5H3;3H2,1-2H3. The summed E-state index contributed by atoms with van der Waals surface area (Å²) >= 11 is 0. The van der Waals surface area contributed by atoms with E-state index in [4.69, 9.17) is 4.74 Å². The predicted octanol–water partition coefficient (Wildman–Crippen LogP) is 4.71. The molecule has 0 aliphatic carbocycles. The van der Waals surface area contributed by atoms with Gasteiger partial charge in [-0.15, -0.1) is 0 Å². The molecule has 1 amide bonds. The first kappa shape index (κ1) is 18.3. The molecule has 0 saturated carbocycles. The fraction of sp³-hybridized carbons (Fsp3) is 0.938. The molecule has 3 nitrogen and oxygen atoms in total. The van der Waals surface area contributed by atoms with Crippen LogP contribution in [0.5, 0.6) is 0 Å². The van der Waals surface area contributed by atoms with Gasteiger partial charge in [-0.05, 0) is 45.4 Å². The zero-order valence-corrected chi connectivity index (χ0v) is 14.0. The largest absolute Gasteiger partial charge is 0.444 e. The highest BCUT2D eigenvalue weighted by Crippen LogP contribution is 2.24. The second-order valence-corrected chi connectivity index (χ2v) is 6.78. The van der Waals surface area contributed by atoms with Crippen molar-refractivity contribution in [2.24, 2.45) is 11.8 Å². The molecular formula is C16H33NO2. The van der Waals surface area contributed by atoms with Crippen LogP contribution in [0.25, 0.3) is 0 Å². The van der Waals surface area contributed by atoms with Crippen molar-refractivity contribution in [1.29, 1.82) is 0 Å². The third-order valence-corrected chi connectivity index (χ3v) is 3.05. The number of carbonyl (C=O) groups is 1. The summed E-state index contributed by atoms with van der Waals surface area (Å²) in [5.41, 5.74) is -0.387. The van der Waals surface area contributed by atoms with E-state index in [0.29, 0.717) is 11.8 Å². The number of hydrogen-bond acceptors (Lipinski definition) is 2. The van der Waals surface area contributed by atoms with Crippen molar-refractivity contribution >= 4 is 6.09 Å². The van der Waals surface area contributed by atoms with E-state index in [2.05, 4.69) is 27.7 Å². The summed E-state index contributed by atoms with van der Waals surface area (Å²) in [4.78, 5) is 13.7. The number of carbonyl (C=O) groups excluding carboxylic acids is 1. The van der Waals surface area contributed by atoms with Crippen LogP contribution in [-0.2, 0) is 4.74 Å². The van der Waals surface area contributed by atoms with E-state index < -0.39 is 0 Å². The first-order valence-electron chi connectivity index (χ1n) is 7.69.